The molecular formula is C13H28N2O2S. The van der Waals surface area contributed by atoms with Gasteiger partial charge in [-0.1, -0.05) is 6.92 Å². The smallest absolute Gasteiger partial charge is 0.153 e. The Kier molecular flexibility index (Phi) is 5.21. The van der Waals surface area contributed by atoms with Crippen LogP contribution in [0, 0.1) is 0 Å². The summed E-state index contributed by atoms with van der Waals surface area (Å²) >= 11 is 0. The number of nitrogens with zero attached hydrogens (tertiary/aromatic N) is 1. The van der Waals surface area contributed by atoms with Crippen LogP contribution in [-0.2, 0) is 9.84 Å². The molecule has 2 unspecified atom stereocenters. The van der Waals surface area contributed by atoms with Gasteiger partial charge >= 0.3 is 0 Å². The first-order valence-corrected chi connectivity index (χ1v) is 8.73. The molecule has 1 fully saturated rings. The molecule has 0 amide bonds. The number of sulfone groups is 1. The molecule has 0 aromatic heterocycles. The van der Waals surface area contributed by atoms with Crippen LogP contribution < -0.4 is 5.32 Å². The first-order chi connectivity index (χ1) is 8.17. The predicted octanol–water partition coefficient (Wildman–Crippen LogP) is 1.27. The zero-order valence-electron chi connectivity index (χ0n) is 12.4. The maximum Gasteiger partial charge on any atom is 0.153 e. The molecule has 5 heteroatoms. The van der Waals surface area contributed by atoms with Crippen molar-refractivity contribution < 1.29 is 8.42 Å². The minimum absolute atomic E-state index is 0.448. The standard InChI is InChI=1S/C13H28N2O2S/c1-6-14-12-7-8-15(11(2)9-12)10-13(3,4)18(5,16)17/h11-12,14H,6-10H2,1-5H3. The van der Waals surface area contributed by atoms with Crippen molar-refractivity contribution in [3.8, 4) is 0 Å². The normalized spacial score (nSPS) is 27.4. The van der Waals surface area contributed by atoms with Gasteiger partial charge in [0.05, 0.1) is 4.75 Å². The summed E-state index contributed by atoms with van der Waals surface area (Å²) in [4.78, 5) is 2.31. The van der Waals surface area contributed by atoms with Gasteiger partial charge in [-0.15, -0.1) is 0 Å². The van der Waals surface area contributed by atoms with Gasteiger partial charge in [-0.25, -0.2) is 8.42 Å². The summed E-state index contributed by atoms with van der Waals surface area (Å²) in [5, 5.41) is 3.48. The van der Waals surface area contributed by atoms with Crippen molar-refractivity contribution in [3.05, 3.63) is 0 Å². The van der Waals surface area contributed by atoms with E-state index in [-0.39, 0.29) is 0 Å². The van der Waals surface area contributed by atoms with Gasteiger partial charge in [-0.3, -0.25) is 4.90 Å². The van der Waals surface area contributed by atoms with Crippen LogP contribution in [0.3, 0.4) is 0 Å². The average molecular weight is 276 g/mol. The molecule has 0 saturated carbocycles. The first-order valence-electron chi connectivity index (χ1n) is 6.84. The van der Waals surface area contributed by atoms with E-state index in [1.165, 1.54) is 6.26 Å². The molecule has 0 aromatic rings. The third-order valence-corrected chi connectivity index (χ3v) is 6.23. The molecule has 1 saturated heterocycles. The van der Waals surface area contributed by atoms with E-state index in [4.69, 9.17) is 0 Å². The summed E-state index contributed by atoms with van der Waals surface area (Å²) in [5.41, 5.74) is 0. The SMILES string of the molecule is CCNC1CCN(CC(C)(C)S(C)(=O)=O)C(C)C1. The average Bonchev–Trinajstić information content (AvgIpc) is 2.21. The zero-order valence-corrected chi connectivity index (χ0v) is 13.2. The van der Waals surface area contributed by atoms with Gasteiger partial charge in [0.25, 0.3) is 0 Å². The maximum atomic E-state index is 11.8. The molecule has 2 atom stereocenters. The minimum atomic E-state index is -3.01. The van der Waals surface area contributed by atoms with Crippen molar-refractivity contribution in [2.24, 2.45) is 0 Å². The lowest BCUT2D eigenvalue weighted by Crippen LogP contribution is -2.53. The monoisotopic (exact) mass is 276 g/mol. The Balaban J connectivity index is 2.60. The number of hydrogen-bond donors (Lipinski definition) is 1. The molecule has 0 spiro atoms. The van der Waals surface area contributed by atoms with Crippen LogP contribution in [0.5, 0.6) is 0 Å². The van der Waals surface area contributed by atoms with Gasteiger partial charge in [0.1, 0.15) is 0 Å². The maximum absolute atomic E-state index is 11.8. The number of hydrogen-bond acceptors (Lipinski definition) is 4. The highest BCUT2D eigenvalue weighted by Crippen LogP contribution is 2.23. The number of likely N-dealkylation sites (tertiary alicyclic amines) is 1. The Labute approximate surface area is 112 Å². The summed E-state index contributed by atoms with van der Waals surface area (Å²) in [6.45, 7) is 10.6. The van der Waals surface area contributed by atoms with Crippen LogP contribution in [0.4, 0.5) is 0 Å². The quantitative estimate of drug-likeness (QED) is 0.821. The van der Waals surface area contributed by atoms with Gasteiger partial charge in [-0.2, -0.15) is 0 Å². The predicted molar refractivity (Wildman–Crippen MR) is 76.7 cm³/mol. The summed E-state index contributed by atoms with van der Waals surface area (Å²) < 4.78 is 22.9. The molecule has 18 heavy (non-hydrogen) atoms. The Hall–Kier alpha value is -0.130. The number of piperidine rings is 1. The third-order valence-electron chi connectivity index (χ3n) is 4.09. The van der Waals surface area contributed by atoms with Crippen LogP contribution in [0.1, 0.15) is 40.5 Å². The summed E-state index contributed by atoms with van der Waals surface area (Å²) in [7, 11) is -3.01. The molecule has 4 nitrogen and oxygen atoms in total. The van der Waals surface area contributed by atoms with Crippen molar-refractivity contribution >= 4 is 9.84 Å². The third kappa shape index (κ3) is 3.93. The van der Waals surface area contributed by atoms with E-state index in [0.717, 1.165) is 25.9 Å². The fraction of sp³-hybridized carbons (Fsp3) is 1.00. The van der Waals surface area contributed by atoms with Crippen molar-refractivity contribution in [2.45, 2.75) is 57.4 Å². The highest BCUT2D eigenvalue weighted by molar-refractivity contribution is 7.92. The van der Waals surface area contributed by atoms with Gasteiger partial charge < -0.3 is 5.32 Å². The lowest BCUT2D eigenvalue weighted by Gasteiger charge is -2.41. The summed E-state index contributed by atoms with van der Waals surface area (Å²) in [6.07, 6.45) is 3.55. The van der Waals surface area contributed by atoms with Crippen molar-refractivity contribution in [1.82, 2.24) is 10.2 Å². The van der Waals surface area contributed by atoms with Crippen molar-refractivity contribution in [1.29, 1.82) is 0 Å². The molecule has 0 aliphatic carbocycles. The lowest BCUT2D eigenvalue weighted by atomic mass is 9.97. The van der Waals surface area contributed by atoms with Crippen LogP contribution >= 0.6 is 0 Å². The topological polar surface area (TPSA) is 49.4 Å². The van der Waals surface area contributed by atoms with Crippen LogP contribution in [0.25, 0.3) is 0 Å². The lowest BCUT2D eigenvalue weighted by molar-refractivity contribution is 0.127. The zero-order chi connectivity index (χ0) is 14.0. The van der Waals surface area contributed by atoms with Gasteiger partial charge in [-0.05, 0) is 46.7 Å². The van der Waals surface area contributed by atoms with Crippen molar-refractivity contribution in [3.63, 3.8) is 0 Å². The van der Waals surface area contributed by atoms with Crippen LogP contribution in [-0.4, -0.2) is 56.0 Å². The van der Waals surface area contributed by atoms with E-state index in [1.807, 2.05) is 13.8 Å². The van der Waals surface area contributed by atoms with E-state index >= 15 is 0 Å². The van der Waals surface area contributed by atoms with Crippen LogP contribution in [0.2, 0.25) is 0 Å². The van der Waals surface area contributed by atoms with E-state index in [1.54, 1.807) is 0 Å². The number of nitrogens with one attached hydrogen (secondary N) is 1. The number of rotatable bonds is 5. The molecular weight excluding hydrogens is 248 g/mol. The molecule has 108 valence electrons. The Morgan fingerprint density at radius 3 is 2.44 bits per heavy atom. The summed E-state index contributed by atoms with van der Waals surface area (Å²) in [6, 6.07) is 1.03. The molecule has 1 heterocycles. The Morgan fingerprint density at radius 2 is 2.00 bits per heavy atom. The minimum Gasteiger partial charge on any atom is -0.314 e. The molecule has 1 N–H and O–H groups in total. The van der Waals surface area contributed by atoms with Crippen LogP contribution in [0.15, 0.2) is 0 Å². The van der Waals surface area contributed by atoms with Gasteiger partial charge in [0.15, 0.2) is 9.84 Å². The fourth-order valence-electron chi connectivity index (χ4n) is 2.54. The Bertz CT molecular complexity index is 365. The van der Waals surface area contributed by atoms with E-state index < -0.39 is 14.6 Å². The Morgan fingerprint density at radius 1 is 1.39 bits per heavy atom. The largest absolute Gasteiger partial charge is 0.314 e. The second-order valence-electron chi connectivity index (χ2n) is 6.13. The van der Waals surface area contributed by atoms with Gasteiger partial charge in [0.2, 0.25) is 0 Å². The molecule has 0 aromatic carbocycles. The highest BCUT2D eigenvalue weighted by atomic mass is 32.2. The molecule has 1 rings (SSSR count). The molecule has 1 aliphatic rings. The highest BCUT2D eigenvalue weighted by Gasteiger charge is 2.35. The molecule has 1 aliphatic heterocycles. The second kappa shape index (κ2) is 5.88. The second-order valence-corrected chi connectivity index (χ2v) is 8.78. The van der Waals surface area contributed by atoms with E-state index in [9.17, 15) is 8.42 Å². The first kappa shape index (κ1) is 15.9. The van der Waals surface area contributed by atoms with E-state index in [2.05, 4.69) is 24.1 Å². The summed E-state index contributed by atoms with van der Waals surface area (Å²) in [5.74, 6) is 0. The fourth-order valence-corrected chi connectivity index (χ4v) is 2.94. The van der Waals surface area contributed by atoms with E-state index in [0.29, 0.717) is 18.6 Å². The van der Waals surface area contributed by atoms with Gasteiger partial charge in [0, 0.05) is 24.9 Å². The van der Waals surface area contributed by atoms with Crippen molar-refractivity contribution in [2.75, 3.05) is 25.9 Å². The molecule has 0 bridgehead atoms. The molecule has 0 radical (unpaired) electrons.